The maximum absolute atomic E-state index is 13.1. The Morgan fingerprint density at radius 1 is 1.19 bits per heavy atom. The average Bonchev–Trinajstić information content (AvgIpc) is 2.31. The zero-order valence-corrected chi connectivity index (χ0v) is 8.77. The molecule has 0 unspecified atom stereocenters. The van der Waals surface area contributed by atoms with Gasteiger partial charge in [0.05, 0.1) is 12.8 Å². The molecule has 0 atom stereocenters. The van der Waals surface area contributed by atoms with Crippen LogP contribution in [0.5, 0.6) is 5.75 Å². The minimum atomic E-state index is -0.308. The molecule has 0 saturated heterocycles. The zero-order chi connectivity index (χ0) is 11.4. The lowest BCUT2D eigenvalue weighted by molar-refractivity contribution is 0.416. The third-order valence-electron chi connectivity index (χ3n) is 2.12. The number of nitrogens with zero attached hydrogens (tertiary/aromatic N) is 1. The van der Waals surface area contributed by atoms with Gasteiger partial charge in [0.15, 0.2) is 0 Å². The Bertz CT molecular complexity index is 474. The highest BCUT2D eigenvalue weighted by Gasteiger charge is 2.04. The van der Waals surface area contributed by atoms with Crippen molar-refractivity contribution in [2.75, 3.05) is 12.4 Å². The van der Waals surface area contributed by atoms with Gasteiger partial charge in [-0.2, -0.15) is 0 Å². The van der Waals surface area contributed by atoms with E-state index in [1.807, 2.05) is 0 Å². The summed E-state index contributed by atoms with van der Waals surface area (Å²) in [6.07, 6.45) is 3.32. The van der Waals surface area contributed by atoms with Crippen molar-refractivity contribution in [2.24, 2.45) is 0 Å². The summed E-state index contributed by atoms with van der Waals surface area (Å²) in [7, 11) is 1.55. The Labute approximate surface area is 92.9 Å². The van der Waals surface area contributed by atoms with Gasteiger partial charge >= 0.3 is 0 Å². The first-order valence-corrected chi connectivity index (χ1v) is 4.80. The summed E-state index contributed by atoms with van der Waals surface area (Å²) in [6.45, 7) is 0. The van der Waals surface area contributed by atoms with Gasteiger partial charge in [-0.1, -0.05) is 0 Å². The zero-order valence-electron chi connectivity index (χ0n) is 8.77. The number of halogens is 1. The van der Waals surface area contributed by atoms with E-state index in [0.29, 0.717) is 11.4 Å². The van der Waals surface area contributed by atoms with Crippen LogP contribution in [-0.4, -0.2) is 12.1 Å². The number of hydrogen-bond donors (Lipinski definition) is 1. The van der Waals surface area contributed by atoms with E-state index in [0.717, 1.165) is 5.69 Å². The van der Waals surface area contributed by atoms with Gasteiger partial charge in [-0.05, 0) is 24.3 Å². The van der Waals surface area contributed by atoms with Crippen LogP contribution < -0.4 is 10.1 Å². The molecule has 2 aromatic rings. The normalized spacial score (nSPS) is 9.88. The fraction of sp³-hybridized carbons (Fsp3) is 0.0833. The molecule has 4 heteroatoms. The second-order valence-electron chi connectivity index (χ2n) is 3.21. The van der Waals surface area contributed by atoms with Gasteiger partial charge in [-0.25, -0.2) is 4.39 Å². The second kappa shape index (κ2) is 4.61. The summed E-state index contributed by atoms with van der Waals surface area (Å²) < 4.78 is 18.2. The number of methoxy groups -OCH3 is 1. The topological polar surface area (TPSA) is 34.1 Å². The fourth-order valence-electron chi connectivity index (χ4n) is 1.37. The van der Waals surface area contributed by atoms with E-state index in [9.17, 15) is 4.39 Å². The number of ether oxygens (including phenoxy) is 1. The Balaban J connectivity index is 2.30. The quantitative estimate of drug-likeness (QED) is 0.859. The van der Waals surface area contributed by atoms with Crippen LogP contribution >= 0.6 is 0 Å². The summed E-state index contributed by atoms with van der Waals surface area (Å²) in [5, 5.41) is 3.06. The summed E-state index contributed by atoms with van der Waals surface area (Å²) in [5.74, 6) is 0.288. The van der Waals surface area contributed by atoms with E-state index < -0.39 is 0 Å². The summed E-state index contributed by atoms with van der Waals surface area (Å²) in [4.78, 5) is 3.90. The standard InChI is InChI=1S/C12H11FN2O/c1-16-12-3-2-9(13)8-11(12)15-10-4-6-14-7-5-10/h2-8H,1H3,(H,14,15). The van der Waals surface area contributed by atoms with Gasteiger partial charge in [0.25, 0.3) is 0 Å². The fourth-order valence-corrected chi connectivity index (χ4v) is 1.37. The van der Waals surface area contributed by atoms with Crippen molar-refractivity contribution in [2.45, 2.75) is 0 Å². The Morgan fingerprint density at radius 2 is 1.94 bits per heavy atom. The maximum Gasteiger partial charge on any atom is 0.142 e. The molecule has 0 fully saturated rings. The lowest BCUT2D eigenvalue weighted by Crippen LogP contribution is -1.95. The minimum absolute atomic E-state index is 0.308. The second-order valence-corrected chi connectivity index (χ2v) is 3.21. The molecule has 1 aromatic heterocycles. The molecule has 3 nitrogen and oxygen atoms in total. The summed E-state index contributed by atoms with van der Waals surface area (Å²) >= 11 is 0. The van der Waals surface area contributed by atoms with Crippen LogP contribution in [0.25, 0.3) is 0 Å². The third-order valence-corrected chi connectivity index (χ3v) is 2.12. The van der Waals surface area contributed by atoms with Crippen LogP contribution in [-0.2, 0) is 0 Å². The summed E-state index contributed by atoms with van der Waals surface area (Å²) in [5.41, 5.74) is 1.42. The average molecular weight is 218 g/mol. The number of anilines is 2. The number of aromatic nitrogens is 1. The van der Waals surface area contributed by atoms with E-state index >= 15 is 0 Å². The lowest BCUT2D eigenvalue weighted by Gasteiger charge is -2.10. The van der Waals surface area contributed by atoms with E-state index in [1.54, 1.807) is 37.7 Å². The maximum atomic E-state index is 13.1. The lowest BCUT2D eigenvalue weighted by atomic mass is 10.2. The van der Waals surface area contributed by atoms with Crippen LogP contribution in [0.15, 0.2) is 42.7 Å². The SMILES string of the molecule is COc1ccc(F)cc1Nc1ccncc1. The molecule has 0 bridgehead atoms. The number of rotatable bonds is 3. The molecule has 0 aliphatic rings. The first-order valence-electron chi connectivity index (χ1n) is 4.80. The molecule has 0 aliphatic carbocycles. The van der Waals surface area contributed by atoms with E-state index in [1.165, 1.54) is 12.1 Å². The van der Waals surface area contributed by atoms with Crippen LogP contribution in [0.2, 0.25) is 0 Å². The predicted molar refractivity (Wildman–Crippen MR) is 60.5 cm³/mol. The van der Waals surface area contributed by atoms with Gasteiger partial charge in [0.2, 0.25) is 0 Å². The first kappa shape index (κ1) is 10.4. The Hall–Kier alpha value is -2.10. The van der Waals surface area contributed by atoms with Crippen molar-refractivity contribution in [3.63, 3.8) is 0 Å². The minimum Gasteiger partial charge on any atom is -0.495 e. The molecular formula is C12H11FN2O. The molecule has 0 amide bonds. The van der Waals surface area contributed by atoms with Crippen molar-refractivity contribution in [3.05, 3.63) is 48.5 Å². The van der Waals surface area contributed by atoms with Crippen molar-refractivity contribution in [3.8, 4) is 5.75 Å². The predicted octanol–water partition coefficient (Wildman–Crippen LogP) is 2.97. The number of pyridine rings is 1. The van der Waals surface area contributed by atoms with Gasteiger partial charge < -0.3 is 10.1 Å². The smallest absolute Gasteiger partial charge is 0.142 e. The largest absolute Gasteiger partial charge is 0.495 e. The molecule has 82 valence electrons. The van der Waals surface area contributed by atoms with Gasteiger partial charge in [0.1, 0.15) is 11.6 Å². The van der Waals surface area contributed by atoms with Crippen molar-refractivity contribution in [1.29, 1.82) is 0 Å². The van der Waals surface area contributed by atoms with Crippen molar-refractivity contribution < 1.29 is 9.13 Å². The van der Waals surface area contributed by atoms with E-state index in [4.69, 9.17) is 4.74 Å². The molecular weight excluding hydrogens is 207 g/mol. The van der Waals surface area contributed by atoms with E-state index in [-0.39, 0.29) is 5.82 Å². The van der Waals surface area contributed by atoms with Crippen LogP contribution in [0.3, 0.4) is 0 Å². The number of hydrogen-bond acceptors (Lipinski definition) is 3. The molecule has 1 aromatic carbocycles. The number of benzene rings is 1. The molecule has 16 heavy (non-hydrogen) atoms. The Kier molecular flexibility index (Phi) is 3.00. The third kappa shape index (κ3) is 2.28. The summed E-state index contributed by atoms with van der Waals surface area (Å²) in [6, 6.07) is 7.92. The van der Waals surface area contributed by atoms with Gasteiger partial charge in [0, 0.05) is 24.1 Å². The number of nitrogens with one attached hydrogen (secondary N) is 1. The molecule has 0 aliphatic heterocycles. The highest BCUT2D eigenvalue weighted by atomic mass is 19.1. The molecule has 1 N–H and O–H groups in total. The molecule has 0 radical (unpaired) electrons. The monoisotopic (exact) mass is 218 g/mol. The van der Waals surface area contributed by atoms with Gasteiger partial charge in [-0.3, -0.25) is 4.98 Å². The molecule has 0 spiro atoms. The molecule has 2 rings (SSSR count). The van der Waals surface area contributed by atoms with Crippen molar-refractivity contribution in [1.82, 2.24) is 4.98 Å². The molecule has 0 saturated carbocycles. The molecule has 1 heterocycles. The van der Waals surface area contributed by atoms with Crippen molar-refractivity contribution >= 4 is 11.4 Å². The Morgan fingerprint density at radius 3 is 2.62 bits per heavy atom. The van der Waals surface area contributed by atoms with Crippen LogP contribution in [0, 0.1) is 5.82 Å². The van der Waals surface area contributed by atoms with E-state index in [2.05, 4.69) is 10.3 Å². The highest BCUT2D eigenvalue weighted by molar-refractivity contribution is 5.65. The van der Waals surface area contributed by atoms with Crippen LogP contribution in [0.1, 0.15) is 0 Å². The first-order chi connectivity index (χ1) is 7.79. The van der Waals surface area contributed by atoms with Crippen LogP contribution in [0.4, 0.5) is 15.8 Å². The highest BCUT2D eigenvalue weighted by Crippen LogP contribution is 2.27. The van der Waals surface area contributed by atoms with Gasteiger partial charge in [-0.15, -0.1) is 0 Å².